The maximum absolute atomic E-state index is 11.2. The van der Waals surface area contributed by atoms with Gasteiger partial charge in [0.25, 0.3) is 0 Å². The Morgan fingerprint density at radius 1 is 1.39 bits per heavy atom. The molecule has 0 heterocycles. The zero-order valence-corrected chi connectivity index (χ0v) is 12.6. The van der Waals surface area contributed by atoms with E-state index in [1.54, 1.807) is 14.0 Å². The summed E-state index contributed by atoms with van der Waals surface area (Å²) >= 11 is 1.87. The number of aliphatic carboxylic acids is 1. The highest BCUT2D eigenvalue weighted by molar-refractivity contribution is 7.99. The molecule has 0 radical (unpaired) electrons. The van der Waals surface area contributed by atoms with E-state index in [1.165, 1.54) is 0 Å². The third kappa shape index (κ3) is 7.95. The zero-order valence-electron chi connectivity index (χ0n) is 11.8. The molecule has 0 saturated carbocycles. The molecule has 4 nitrogen and oxygen atoms in total. The van der Waals surface area contributed by atoms with E-state index in [1.807, 2.05) is 18.7 Å². The summed E-state index contributed by atoms with van der Waals surface area (Å²) in [6.07, 6.45) is 3.62. The van der Waals surface area contributed by atoms with Gasteiger partial charge >= 0.3 is 5.97 Å². The highest BCUT2D eigenvalue weighted by Crippen LogP contribution is 2.16. The molecule has 0 aliphatic rings. The van der Waals surface area contributed by atoms with Crippen molar-refractivity contribution in [2.75, 3.05) is 31.8 Å². The first kappa shape index (κ1) is 17.7. The fourth-order valence-corrected chi connectivity index (χ4v) is 2.48. The van der Waals surface area contributed by atoms with Crippen LogP contribution in [0.2, 0.25) is 0 Å². The first-order valence-electron chi connectivity index (χ1n) is 6.62. The van der Waals surface area contributed by atoms with E-state index in [0.29, 0.717) is 6.42 Å². The molecule has 0 rings (SSSR count). The minimum atomic E-state index is -0.775. The number of carboxylic acids is 1. The molecular weight excluding hydrogens is 250 g/mol. The lowest BCUT2D eigenvalue weighted by molar-refractivity contribution is -0.144. The van der Waals surface area contributed by atoms with E-state index in [2.05, 4.69) is 5.32 Å². The number of ether oxygens (including phenoxy) is 1. The van der Waals surface area contributed by atoms with E-state index in [4.69, 9.17) is 4.74 Å². The van der Waals surface area contributed by atoms with Crippen LogP contribution in [0.15, 0.2) is 0 Å². The van der Waals surface area contributed by atoms with E-state index in [9.17, 15) is 9.90 Å². The fourth-order valence-electron chi connectivity index (χ4n) is 1.61. The van der Waals surface area contributed by atoms with Crippen LogP contribution in [0, 0.1) is 0 Å². The SMILES string of the molecule is CCCNC(C)(CCCSCCCOC)C(=O)O. The van der Waals surface area contributed by atoms with Crippen molar-refractivity contribution < 1.29 is 14.6 Å². The monoisotopic (exact) mass is 277 g/mol. The van der Waals surface area contributed by atoms with E-state index in [0.717, 1.165) is 43.9 Å². The molecule has 0 aromatic rings. The number of rotatable bonds is 12. The molecule has 0 aromatic carbocycles. The lowest BCUT2D eigenvalue weighted by atomic mass is 9.96. The summed E-state index contributed by atoms with van der Waals surface area (Å²) in [5.74, 6) is 1.35. The highest BCUT2D eigenvalue weighted by Gasteiger charge is 2.31. The number of carboxylic acid groups (broad SMARTS) is 1. The molecule has 0 aliphatic heterocycles. The molecule has 108 valence electrons. The van der Waals surface area contributed by atoms with Crippen molar-refractivity contribution in [2.45, 2.75) is 45.1 Å². The van der Waals surface area contributed by atoms with E-state index in [-0.39, 0.29) is 0 Å². The molecular formula is C13H27NO3S. The lowest BCUT2D eigenvalue weighted by Crippen LogP contribution is -2.49. The van der Waals surface area contributed by atoms with Gasteiger partial charge in [-0.05, 0) is 50.7 Å². The molecule has 0 aliphatic carbocycles. The number of thioether (sulfide) groups is 1. The van der Waals surface area contributed by atoms with Crippen molar-refractivity contribution in [2.24, 2.45) is 0 Å². The van der Waals surface area contributed by atoms with Gasteiger partial charge in [0.15, 0.2) is 0 Å². The summed E-state index contributed by atoms with van der Waals surface area (Å²) in [5.41, 5.74) is -0.775. The molecule has 2 N–H and O–H groups in total. The van der Waals surface area contributed by atoms with Crippen LogP contribution in [0.5, 0.6) is 0 Å². The second kappa shape index (κ2) is 10.6. The summed E-state index contributed by atoms with van der Waals surface area (Å²) in [5, 5.41) is 12.4. The Morgan fingerprint density at radius 3 is 2.61 bits per heavy atom. The fraction of sp³-hybridized carbons (Fsp3) is 0.923. The predicted molar refractivity (Wildman–Crippen MR) is 77.4 cm³/mol. The summed E-state index contributed by atoms with van der Waals surface area (Å²) < 4.78 is 4.98. The van der Waals surface area contributed by atoms with Crippen LogP contribution in [0.3, 0.4) is 0 Å². The summed E-state index contributed by atoms with van der Waals surface area (Å²) in [6.45, 7) is 5.38. The van der Waals surface area contributed by atoms with Gasteiger partial charge in [-0.25, -0.2) is 0 Å². The molecule has 1 unspecified atom stereocenters. The van der Waals surface area contributed by atoms with Crippen molar-refractivity contribution in [1.29, 1.82) is 0 Å². The number of carbonyl (C=O) groups is 1. The first-order valence-corrected chi connectivity index (χ1v) is 7.77. The third-order valence-electron chi connectivity index (χ3n) is 2.84. The molecule has 0 fully saturated rings. The smallest absolute Gasteiger partial charge is 0.323 e. The number of hydrogen-bond donors (Lipinski definition) is 2. The van der Waals surface area contributed by atoms with E-state index >= 15 is 0 Å². The standard InChI is InChI=1S/C13H27NO3S/c1-4-8-14-13(2,12(15)16)7-5-10-18-11-6-9-17-3/h14H,4-11H2,1-3H3,(H,15,16). The van der Waals surface area contributed by atoms with Crippen LogP contribution in [-0.2, 0) is 9.53 Å². The van der Waals surface area contributed by atoms with Crippen LogP contribution in [0.1, 0.15) is 39.5 Å². The van der Waals surface area contributed by atoms with Gasteiger partial charge in [0.1, 0.15) is 5.54 Å². The summed E-state index contributed by atoms with van der Waals surface area (Å²) in [4.78, 5) is 11.2. The van der Waals surface area contributed by atoms with Gasteiger partial charge in [-0.2, -0.15) is 11.8 Å². The quantitative estimate of drug-likeness (QED) is 0.536. The van der Waals surface area contributed by atoms with Crippen LogP contribution in [-0.4, -0.2) is 48.4 Å². The molecule has 0 amide bonds. The zero-order chi connectivity index (χ0) is 13.9. The molecule has 0 aromatic heterocycles. The van der Waals surface area contributed by atoms with Crippen LogP contribution in [0.25, 0.3) is 0 Å². The van der Waals surface area contributed by atoms with Gasteiger partial charge in [0, 0.05) is 13.7 Å². The number of nitrogens with one attached hydrogen (secondary N) is 1. The topological polar surface area (TPSA) is 58.6 Å². The first-order chi connectivity index (χ1) is 8.56. The summed E-state index contributed by atoms with van der Waals surface area (Å²) in [7, 11) is 1.71. The Kier molecular flexibility index (Phi) is 10.5. The maximum Gasteiger partial charge on any atom is 0.323 e. The average Bonchev–Trinajstić information content (AvgIpc) is 2.35. The van der Waals surface area contributed by atoms with Gasteiger partial charge in [0.2, 0.25) is 0 Å². The van der Waals surface area contributed by atoms with Gasteiger partial charge in [-0.1, -0.05) is 6.92 Å². The second-order valence-electron chi connectivity index (χ2n) is 4.63. The molecule has 18 heavy (non-hydrogen) atoms. The lowest BCUT2D eigenvalue weighted by Gasteiger charge is -2.26. The second-order valence-corrected chi connectivity index (χ2v) is 5.85. The molecule has 5 heteroatoms. The molecule has 0 bridgehead atoms. The number of hydrogen-bond acceptors (Lipinski definition) is 4. The van der Waals surface area contributed by atoms with Crippen molar-refractivity contribution in [1.82, 2.24) is 5.32 Å². The molecule has 0 spiro atoms. The highest BCUT2D eigenvalue weighted by atomic mass is 32.2. The van der Waals surface area contributed by atoms with E-state index < -0.39 is 11.5 Å². The van der Waals surface area contributed by atoms with Gasteiger partial charge < -0.3 is 15.2 Å². The largest absolute Gasteiger partial charge is 0.480 e. The van der Waals surface area contributed by atoms with Gasteiger partial charge in [0.05, 0.1) is 0 Å². The van der Waals surface area contributed by atoms with Crippen molar-refractivity contribution >= 4 is 17.7 Å². The maximum atomic E-state index is 11.2. The van der Waals surface area contributed by atoms with Crippen LogP contribution >= 0.6 is 11.8 Å². The Labute approximate surface area is 115 Å². The molecule has 1 atom stereocenters. The Balaban J connectivity index is 3.73. The Bertz CT molecular complexity index is 226. The predicted octanol–water partition coefficient (Wildman–Crippen LogP) is 2.38. The minimum Gasteiger partial charge on any atom is -0.480 e. The number of methoxy groups -OCH3 is 1. The average molecular weight is 277 g/mol. The van der Waals surface area contributed by atoms with Crippen molar-refractivity contribution in [3.8, 4) is 0 Å². The summed E-state index contributed by atoms with van der Waals surface area (Å²) in [6, 6.07) is 0. The van der Waals surface area contributed by atoms with Gasteiger partial charge in [-0.15, -0.1) is 0 Å². The third-order valence-corrected chi connectivity index (χ3v) is 3.99. The Morgan fingerprint density at radius 2 is 2.06 bits per heavy atom. The van der Waals surface area contributed by atoms with Crippen LogP contribution in [0.4, 0.5) is 0 Å². The van der Waals surface area contributed by atoms with Gasteiger partial charge in [-0.3, -0.25) is 4.79 Å². The van der Waals surface area contributed by atoms with Crippen molar-refractivity contribution in [3.63, 3.8) is 0 Å². The Hall–Kier alpha value is -0.260. The minimum absolute atomic E-state index is 0.680. The van der Waals surface area contributed by atoms with Crippen molar-refractivity contribution in [3.05, 3.63) is 0 Å². The molecule has 0 saturated heterocycles. The normalized spacial score (nSPS) is 14.4. The van der Waals surface area contributed by atoms with Crippen LogP contribution < -0.4 is 5.32 Å².